The lowest BCUT2D eigenvalue weighted by Crippen LogP contribution is -2.54. The molecule has 3 rings (SSSR count). The van der Waals surface area contributed by atoms with Crippen LogP contribution in [0, 0.1) is 0 Å². The Balaban J connectivity index is 2.12. The van der Waals surface area contributed by atoms with Gasteiger partial charge in [0.1, 0.15) is 5.82 Å². The van der Waals surface area contributed by atoms with Gasteiger partial charge < -0.3 is 16.0 Å². The molecule has 1 fully saturated rings. The van der Waals surface area contributed by atoms with Gasteiger partial charge in [0.05, 0.1) is 11.1 Å². The number of nitrogens with two attached hydrogens (primary N) is 1. The molecule has 1 aromatic heterocycles. The Morgan fingerprint density at radius 3 is 2.90 bits per heavy atom. The maximum absolute atomic E-state index is 11.8. The first-order valence-electron chi connectivity index (χ1n) is 7.26. The summed E-state index contributed by atoms with van der Waals surface area (Å²) in [6, 6.07) is 10.2. The Morgan fingerprint density at radius 1 is 1.38 bits per heavy atom. The van der Waals surface area contributed by atoms with Crippen molar-refractivity contribution in [1.29, 1.82) is 0 Å². The molecule has 2 aromatic rings. The van der Waals surface area contributed by atoms with E-state index in [9.17, 15) is 4.79 Å². The van der Waals surface area contributed by atoms with Crippen molar-refractivity contribution in [2.75, 3.05) is 18.0 Å². The Morgan fingerprint density at radius 2 is 2.14 bits per heavy atom. The van der Waals surface area contributed by atoms with E-state index in [0.717, 1.165) is 29.8 Å². The maximum Gasteiger partial charge on any atom is 0.249 e. The van der Waals surface area contributed by atoms with E-state index in [-0.39, 0.29) is 0 Å². The van der Waals surface area contributed by atoms with Crippen molar-refractivity contribution in [1.82, 2.24) is 10.3 Å². The van der Waals surface area contributed by atoms with E-state index < -0.39 is 5.91 Å². The van der Waals surface area contributed by atoms with Gasteiger partial charge in [0, 0.05) is 30.6 Å². The summed E-state index contributed by atoms with van der Waals surface area (Å²) in [5, 5.41) is 4.25. The number of para-hydroxylation sites is 1. The lowest BCUT2D eigenvalue weighted by Gasteiger charge is -2.38. The summed E-state index contributed by atoms with van der Waals surface area (Å²) in [5.41, 5.74) is 6.89. The molecule has 2 unspecified atom stereocenters. The second-order valence-corrected chi connectivity index (χ2v) is 5.72. The van der Waals surface area contributed by atoms with Crippen LogP contribution < -0.4 is 16.0 Å². The largest absolute Gasteiger partial charge is 0.366 e. The smallest absolute Gasteiger partial charge is 0.249 e. The molecule has 0 aliphatic carbocycles. The molecule has 0 spiro atoms. The first kappa shape index (κ1) is 13.8. The van der Waals surface area contributed by atoms with E-state index in [1.807, 2.05) is 30.3 Å². The number of carbonyl (C=O) groups excluding carboxylic acids is 1. The van der Waals surface area contributed by atoms with Crippen LogP contribution in [0.4, 0.5) is 5.82 Å². The van der Waals surface area contributed by atoms with Gasteiger partial charge in [-0.2, -0.15) is 0 Å². The van der Waals surface area contributed by atoms with Crippen LogP contribution in [0.1, 0.15) is 24.2 Å². The lowest BCUT2D eigenvalue weighted by molar-refractivity contribution is 0.100. The predicted octanol–water partition coefficient (Wildman–Crippen LogP) is 1.52. The predicted molar refractivity (Wildman–Crippen MR) is 84.5 cm³/mol. The zero-order valence-electron chi connectivity index (χ0n) is 12.3. The normalized spacial score (nSPS) is 22.5. The zero-order valence-corrected chi connectivity index (χ0v) is 12.3. The molecule has 1 aliphatic heterocycles. The molecule has 0 radical (unpaired) electrons. The number of nitrogens with one attached hydrogen (secondary N) is 1. The minimum Gasteiger partial charge on any atom is -0.366 e. The summed E-state index contributed by atoms with van der Waals surface area (Å²) in [7, 11) is 0. The summed E-state index contributed by atoms with van der Waals surface area (Å²) in [6.07, 6.45) is 0. The Hall–Kier alpha value is -2.14. The molecule has 0 saturated carbocycles. The second kappa shape index (κ2) is 5.33. The van der Waals surface area contributed by atoms with Crippen molar-refractivity contribution in [2.24, 2.45) is 5.73 Å². The number of amides is 1. The monoisotopic (exact) mass is 284 g/mol. The molecule has 2 heterocycles. The van der Waals surface area contributed by atoms with Gasteiger partial charge in [-0.1, -0.05) is 18.2 Å². The molecule has 1 aliphatic rings. The van der Waals surface area contributed by atoms with Crippen LogP contribution in [-0.2, 0) is 0 Å². The van der Waals surface area contributed by atoms with Gasteiger partial charge in [0.25, 0.3) is 0 Å². The van der Waals surface area contributed by atoms with Crippen LogP contribution in [0.5, 0.6) is 0 Å². The van der Waals surface area contributed by atoms with Crippen LogP contribution in [0.25, 0.3) is 10.9 Å². The minimum absolute atomic E-state index is 0.329. The van der Waals surface area contributed by atoms with Crippen molar-refractivity contribution < 1.29 is 4.79 Å². The molecule has 5 heteroatoms. The number of aromatic nitrogens is 1. The number of rotatable bonds is 2. The SMILES string of the molecule is CC1CN(c2cc(C(N)=O)c3ccccc3n2)C(C)CN1. The quantitative estimate of drug-likeness (QED) is 0.877. The van der Waals surface area contributed by atoms with Crippen LogP contribution in [0.15, 0.2) is 30.3 Å². The molecule has 110 valence electrons. The molecular formula is C16H20N4O. The number of piperazine rings is 1. The highest BCUT2D eigenvalue weighted by Gasteiger charge is 2.24. The third-order valence-corrected chi connectivity index (χ3v) is 4.03. The second-order valence-electron chi connectivity index (χ2n) is 5.72. The fourth-order valence-corrected chi connectivity index (χ4v) is 2.85. The Bertz CT molecular complexity index is 685. The number of hydrogen-bond acceptors (Lipinski definition) is 4. The molecule has 1 saturated heterocycles. The van der Waals surface area contributed by atoms with E-state index >= 15 is 0 Å². The summed E-state index contributed by atoms with van der Waals surface area (Å²) >= 11 is 0. The number of primary amides is 1. The first-order valence-corrected chi connectivity index (χ1v) is 7.26. The van der Waals surface area contributed by atoms with Crippen LogP contribution in [0.3, 0.4) is 0 Å². The highest BCUT2D eigenvalue weighted by atomic mass is 16.1. The molecule has 21 heavy (non-hydrogen) atoms. The fourth-order valence-electron chi connectivity index (χ4n) is 2.85. The third-order valence-electron chi connectivity index (χ3n) is 4.03. The van der Waals surface area contributed by atoms with Crippen LogP contribution in [-0.4, -0.2) is 36.1 Å². The Labute approximate surface area is 124 Å². The number of anilines is 1. The summed E-state index contributed by atoms with van der Waals surface area (Å²) in [4.78, 5) is 18.7. The van der Waals surface area contributed by atoms with Gasteiger partial charge in [0.2, 0.25) is 5.91 Å². The summed E-state index contributed by atoms with van der Waals surface area (Å²) in [6.45, 7) is 6.07. The summed E-state index contributed by atoms with van der Waals surface area (Å²) < 4.78 is 0. The molecular weight excluding hydrogens is 264 g/mol. The standard InChI is InChI=1S/C16H20N4O/c1-10-9-20(11(2)8-18-10)15-7-13(16(17)21)12-5-3-4-6-14(12)19-15/h3-7,10-11,18H,8-9H2,1-2H3,(H2,17,21). The highest BCUT2D eigenvalue weighted by Crippen LogP contribution is 2.25. The van der Waals surface area contributed by atoms with Crippen LogP contribution >= 0.6 is 0 Å². The van der Waals surface area contributed by atoms with Gasteiger partial charge in [-0.3, -0.25) is 4.79 Å². The molecule has 1 amide bonds. The fraction of sp³-hybridized carbons (Fsp3) is 0.375. The Kier molecular flexibility index (Phi) is 3.51. The van der Waals surface area contributed by atoms with Gasteiger partial charge in [-0.15, -0.1) is 0 Å². The number of carbonyl (C=O) groups is 1. The van der Waals surface area contributed by atoms with E-state index in [1.54, 1.807) is 0 Å². The van der Waals surface area contributed by atoms with Crippen molar-refractivity contribution >= 4 is 22.6 Å². The van der Waals surface area contributed by atoms with Crippen molar-refractivity contribution in [3.8, 4) is 0 Å². The first-order chi connectivity index (χ1) is 10.1. The molecule has 0 bridgehead atoms. The minimum atomic E-state index is -0.411. The maximum atomic E-state index is 11.8. The van der Waals surface area contributed by atoms with E-state index in [1.165, 1.54) is 0 Å². The van der Waals surface area contributed by atoms with Gasteiger partial charge in [-0.05, 0) is 26.0 Å². The molecule has 3 N–H and O–H groups in total. The topological polar surface area (TPSA) is 71.2 Å². The average molecular weight is 284 g/mol. The van der Waals surface area contributed by atoms with Gasteiger partial charge in [0.15, 0.2) is 0 Å². The van der Waals surface area contributed by atoms with Crippen molar-refractivity contribution in [3.05, 3.63) is 35.9 Å². The van der Waals surface area contributed by atoms with E-state index in [0.29, 0.717) is 17.6 Å². The number of nitrogens with zero attached hydrogens (tertiary/aromatic N) is 2. The zero-order chi connectivity index (χ0) is 15.0. The number of benzene rings is 1. The molecule has 2 atom stereocenters. The van der Waals surface area contributed by atoms with Gasteiger partial charge in [-0.25, -0.2) is 4.98 Å². The number of pyridine rings is 1. The highest BCUT2D eigenvalue weighted by molar-refractivity contribution is 6.06. The number of fused-ring (bicyclic) bond motifs is 1. The van der Waals surface area contributed by atoms with Crippen LogP contribution in [0.2, 0.25) is 0 Å². The summed E-state index contributed by atoms with van der Waals surface area (Å²) in [5.74, 6) is 0.411. The lowest BCUT2D eigenvalue weighted by atomic mass is 10.1. The van der Waals surface area contributed by atoms with Crippen molar-refractivity contribution in [3.63, 3.8) is 0 Å². The third kappa shape index (κ3) is 2.56. The molecule has 1 aromatic carbocycles. The van der Waals surface area contributed by atoms with Gasteiger partial charge >= 0.3 is 0 Å². The average Bonchev–Trinajstić information content (AvgIpc) is 2.48. The van der Waals surface area contributed by atoms with E-state index in [2.05, 4.69) is 24.1 Å². The number of hydrogen-bond donors (Lipinski definition) is 2. The molecule has 5 nitrogen and oxygen atoms in total. The van der Waals surface area contributed by atoms with E-state index in [4.69, 9.17) is 10.7 Å². The van der Waals surface area contributed by atoms with Crippen molar-refractivity contribution in [2.45, 2.75) is 25.9 Å².